The third kappa shape index (κ3) is 6.73. The van der Waals surface area contributed by atoms with Gasteiger partial charge in [-0.05, 0) is 61.6 Å². The highest BCUT2D eigenvalue weighted by Gasteiger charge is 2.31. The van der Waals surface area contributed by atoms with Crippen LogP contribution in [-0.4, -0.2) is 72.2 Å². The minimum absolute atomic E-state index is 0.0129. The van der Waals surface area contributed by atoms with E-state index >= 15 is 4.39 Å². The zero-order chi connectivity index (χ0) is 28.3. The number of halogens is 1. The summed E-state index contributed by atoms with van der Waals surface area (Å²) >= 11 is 0. The summed E-state index contributed by atoms with van der Waals surface area (Å²) in [4.78, 5) is 40.8. The molecule has 1 fully saturated rings. The number of hydrogen-bond donors (Lipinski definition) is 1. The highest BCUT2D eigenvalue weighted by molar-refractivity contribution is 5.99. The fourth-order valence-electron chi connectivity index (χ4n) is 4.61. The van der Waals surface area contributed by atoms with Crippen molar-refractivity contribution < 1.29 is 28.2 Å². The number of hydrogen-bond acceptors (Lipinski definition) is 6. The summed E-state index contributed by atoms with van der Waals surface area (Å²) in [6, 6.07) is 11.2. The molecule has 0 spiro atoms. The van der Waals surface area contributed by atoms with Crippen LogP contribution in [0.2, 0.25) is 0 Å². The average Bonchev–Trinajstić information content (AvgIpc) is 3.03. The van der Waals surface area contributed by atoms with E-state index in [9.17, 15) is 19.6 Å². The predicted octanol–water partition coefficient (Wildman–Crippen LogP) is 3.66. The van der Waals surface area contributed by atoms with Gasteiger partial charge in [0.05, 0.1) is 12.6 Å². The lowest BCUT2D eigenvalue weighted by atomic mass is 9.97. The number of nitriles is 1. The van der Waals surface area contributed by atoms with Gasteiger partial charge in [0, 0.05) is 38.7 Å². The molecule has 2 aliphatic heterocycles. The fraction of sp³-hybridized carbons (Fsp3) is 0.448. The van der Waals surface area contributed by atoms with Crippen LogP contribution in [0.5, 0.6) is 0 Å². The fourth-order valence-corrected chi connectivity index (χ4v) is 4.61. The lowest BCUT2D eigenvalue weighted by molar-refractivity contribution is -0.133. The smallest absolute Gasteiger partial charge is 0.410 e. The highest BCUT2D eigenvalue weighted by atomic mass is 19.1. The molecule has 10 heteroatoms. The molecule has 2 atom stereocenters. The number of amides is 3. The van der Waals surface area contributed by atoms with E-state index in [1.807, 2.05) is 18.2 Å². The van der Waals surface area contributed by atoms with Crippen LogP contribution in [0.4, 0.5) is 9.18 Å². The Morgan fingerprint density at radius 1 is 1.23 bits per heavy atom. The summed E-state index contributed by atoms with van der Waals surface area (Å²) < 4.78 is 26.1. The van der Waals surface area contributed by atoms with Crippen molar-refractivity contribution in [3.05, 3.63) is 58.9 Å². The van der Waals surface area contributed by atoms with Gasteiger partial charge in [0.2, 0.25) is 0 Å². The van der Waals surface area contributed by atoms with E-state index in [0.717, 1.165) is 5.56 Å². The van der Waals surface area contributed by atoms with Crippen LogP contribution >= 0.6 is 0 Å². The largest absolute Gasteiger partial charge is 0.444 e. The Bertz CT molecular complexity index is 1320. The molecule has 0 aromatic heterocycles. The maximum Gasteiger partial charge on any atom is 0.410 e. The molecular formula is C29H33FN4O5. The maximum absolute atomic E-state index is 15.1. The van der Waals surface area contributed by atoms with Gasteiger partial charge in [-0.2, -0.15) is 5.26 Å². The molecule has 0 aliphatic carbocycles. The van der Waals surface area contributed by atoms with Gasteiger partial charge in [-0.15, -0.1) is 0 Å². The lowest BCUT2D eigenvalue weighted by Gasteiger charge is -2.27. The summed E-state index contributed by atoms with van der Waals surface area (Å²) in [5, 5.41) is 12.3. The second-order valence-corrected chi connectivity index (χ2v) is 10.9. The normalized spacial score (nSPS) is 18.2. The van der Waals surface area contributed by atoms with Gasteiger partial charge < -0.3 is 24.6 Å². The van der Waals surface area contributed by atoms with E-state index in [1.165, 1.54) is 11.0 Å². The van der Waals surface area contributed by atoms with Crippen molar-refractivity contribution in [1.29, 1.82) is 5.26 Å². The molecule has 1 unspecified atom stereocenters. The van der Waals surface area contributed by atoms with Crippen LogP contribution in [0.3, 0.4) is 0 Å². The third-order valence-electron chi connectivity index (χ3n) is 6.60. The second-order valence-electron chi connectivity index (χ2n) is 10.9. The van der Waals surface area contributed by atoms with Crippen LogP contribution in [0, 0.1) is 17.1 Å². The molecule has 0 bridgehead atoms. The van der Waals surface area contributed by atoms with Crippen molar-refractivity contribution in [2.24, 2.45) is 0 Å². The van der Waals surface area contributed by atoms with E-state index in [4.69, 9.17) is 9.47 Å². The minimum Gasteiger partial charge on any atom is -0.444 e. The second kappa shape index (κ2) is 11.4. The molecular weight excluding hydrogens is 503 g/mol. The molecule has 4 rings (SSSR count). The molecule has 1 saturated heterocycles. The highest BCUT2D eigenvalue weighted by Crippen LogP contribution is 2.29. The molecule has 2 heterocycles. The monoisotopic (exact) mass is 536 g/mol. The summed E-state index contributed by atoms with van der Waals surface area (Å²) in [7, 11) is 1.74. The first-order chi connectivity index (χ1) is 18.4. The van der Waals surface area contributed by atoms with Crippen LogP contribution in [0.15, 0.2) is 36.4 Å². The number of ether oxygens (including phenoxy) is 2. The van der Waals surface area contributed by atoms with Gasteiger partial charge >= 0.3 is 6.09 Å². The number of benzene rings is 2. The van der Waals surface area contributed by atoms with Crippen molar-refractivity contribution in [2.45, 2.75) is 57.9 Å². The molecule has 0 radical (unpaired) electrons. The van der Waals surface area contributed by atoms with Crippen molar-refractivity contribution in [3.63, 3.8) is 0 Å². The lowest BCUT2D eigenvalue weighted by Crippen LogP contribution is -2.48. The molecule has 2 aromatic carbocycles. The summed E-state index contributed by atoms with van der Waals surface area (Å²) in [5.41, 5.74) is 2.45. The van der Waals surface area contributed by atoms with E-state index in [-0.39, 0.29) is 31.0 Å². The van der Waals surface area contributed by atoms with Crippen molar-refractivity contribution >= 4 is 17.9 Å². The Morgan fingerprint density at radius 2 is 1.95 bits per heavy atom. The first-order valence-corrected chi connectivity index (χ1v) is 12.9. The maximum atomic E-state index is 15.1. The van der Waals surface area contributed by atoms with Gasteiger partial charge in [0.25, 0.3) is 11.8 Å². The van der Waals surface area contributed by atoms with Gasteiger partial charge in [-0.1, -0.05) is 24.3 Å². The van der Waals surface area contributed by atoms with Gasteiger partial charge in [-0.3, -0.25) is 9.59 Å². The van der Waals surface area contributed by atoms with Gasteiger partial charge in [0.1, 0.15) is 17.5 Å². The zero-order valence-electron chi connectivity index (χ0n) is 22.6. The molecule has 2 aliphatic rings. The van der Waals surface area contributed by atoms with Crippen LogP contribution in [0.25, 0.3) is 11.1 Å². The number of nitrogens with zero attached hydrogens (tertiary/aromatic N) is 3. The molecule has 2 aromatic rings. The van der Waals surface area contributed by atoms with E-state index in [0.29, 0.717) is 36.2 Å². The van der Waals surface area contributed by atoms with E-state index < -0.39 is 35.6 Å². The predicted molar refractivity (Wildman–Crippen MR) is 141 cm³/mol. The van der Waals surface area contributed by atoms with Crippen molar-refractivity contribution in [2.75, 3.05) is 26.7 Å². The molecule has 0 saturated carbocycles. The number of nitrogens with one attached hydrogen (secondary N) is 1. The van der Waals surface area contributed by atoms with E-state index in [1.54, 1.807) is 50.9 Å². The number of rotatable bonds is 5. The molecule has 3 amide bonds. The van der Waals surface area contributed by atoms with Gasteiger partial charge in [0.15, 0.2) is 6.10 Å². The SMILES string of the molecule is CN1Cc2ccc(-c3ccc(CC(C#N)NC(=O)[C@@H]4CN(C(=O)OC(C)(C)C)CCCO4)c(F)c3)cc2C1=O. The van der Waals surface area contributed by atoms with Gasteiger partial charge in [-0.25, -0.2) is 9.18 Å². The van der Waals surface area contributed by atoms with Crippen LogP contribution in [-0.2, 0) is 27.2 Å². The Kier molecular flexibility index (Phi) is 8.21. The summed E-state index contributed by atoms with van der Waals surface area (Å²) in [6.07, 6.45) is -1.03. The number of carbonyl (C=O) groups excluding carboxylic acids is 3. The Hall–Kier alpha value is -3.97. The molecule has 1 N–H and O–H groups in total. The molecule has 206 valence electrons. The third-order valence-corrected chi connectivity index (χ3v) is 6.60. The topological polar surface area (TPSA) is 112 Å². The Morgan fingerprint density at radius 3 is 2.64 bits per heavy atom. The number of fused-ring (bicyclic) bond motifs is 1. The van der Waals surface area contributed by atoms with Crippen LogP contribution in [0.1, 0.15) is 48.7 Å². The van der Waals surface area contributed by atoms with E-state index in [2.05, 4.69) is 5.32 Å². The molecule has 9 nitrogen and oxygen atoms in total. The summed E-state index contributed by atoms with van der Waals surface area (Å²) in [5.74, 6) is -1.14. The molecule has 39 heavy (non-hydrogen) atoms. The van der Waals surface area contributed by atoms with Crippen molar-refractivity contribution in [1.82, 2.24) is 15.1 Å². The Labute approximate surface area is 227 Å². The first-order valence-electron chi connectivity index (χ1n) is 12.9. The summed E-state index contributed by atoms with van der Waals surface area (Å²) in [6.45, 7) is 6.48. The minimum atomic E-state index is -1.01. The Balaban J connectivity index is 1.41. The number of carbonyl (C=O) groups is 3. The first kappa shape index (κ1) is 28.0. The van der Waals surface area contributed by atoms with Crippen molar-refractivity contribution in [3.8, 4) is 17.2 Å². The van der Waals surface area contributed by atoms with Crippen LogP contribution < -0.4 is 5.32 Å². The quantitative estimate of drug-likeness (QED) is 0.624. The zero-order valence-corrected chi connectivity index (χ0v) is 22.6. The average molecular weight is 537 g/mol. The standard InChI is InChI=1S/C29H33FN4O5/c1-29(2,3)39-28(37)34-10-5-11-38-25(17-34)26(35)32-22(15-31)12-20-8-6-19(14-24(20)30)18-7-9-21-16-33(4)27(36)23(21)13-18/h6-9,13-14,22,25H,5,10-12,16-17H2,1-4H3,(H,32,35)/t22?,25-/m0/s1.